The van der Waals surface area contributed by atoms with Gasteiger partial charge < -0.3 is 9.30 Å². The standard InChI is InChI=1S/C13H15BrClN3O/c1-8-11(3-5-19-8)18-12(2-4-15)17-10-6-9(14)7-16-13(10)18/h6-8,11H,2-5H2,1H3. The maximum Gasteiger partial charge on any atom is 0.160 e. The van der Waals surface area contributed by atoms with E-state index in [0.29, 0.717) is 11.9 Å². The highest BCUT2D eigenvalue weighted by molar-refractivity contribution is 9.10. The summed E-state index contributed by atoms with van der Waals surface area (Å²) in [5, 5.41) is 0. The van der Waals surface area contributed by atoms with Gasteiger partial charge in [-0.15, -0.1) is 11.6 Å². The van der Waals surface area contributed by atoms with Crippen molar-refractivity contribution in [3.8, 4) is 0 Å². The molecule has 3 heterocycles. The van der Waals surface area contributed by atoms with Crippen LogP contribution in [0.5, 0.6) is 0 Å². The minimum atomic E-state index is 0.192. The van der Waals surface area contributed by atoms with E-state index in [1.54, 1.807) is 0 Å². The highest BCUT2D eigenvalue weighted by atomic mass is 79.9. The summed E-state index contributed by atoms with van der Waals surface area (Å²) in [5.74, 6) is 1.56. The minimum absolute atomic E-state index is 0.192. The quantitative estimate of drug-likeness (QED) is 0.802. The third-order valence-electron chi connectivity index (χ3n) is 3.56. The summed E-state index contributed by atoms with van der Waals surface area (Å²) in [6.45, 7) is 2.90. The van der Waals surface area contributed by atoms with Crippen molar-refractivity contribution in [3.05, 3.63) is 22.6 Å². The van der Waals surface area contributed by atoms with Crippen LogP contribution in [0.4, 0.5) is 0 Å². The Balaban J connectivity index is 2.16. The van der Waals surface area contributed by atoms with Crippen molar-refractivity contribution in [2.75, 3.05) is 12.5 Å². The molecule has 1 aliphatic rings. The lowest BCUT2D eigenvalue weighted by atomic mass is 10.1. The molecule has 0 N–H and O–H groups in total. The highest BCUT2D eigenvalue weighted by Crippen LogP contribution is 2.31. The summed E-state index contributed by atoms with van der Waals surface area (Å²) in [4.78, 5) is 9.19. The molecule has 102 valence electrons. The van der Waals surface area contributed by atoms with E-state index in [-0.39, 0.29) is 6.10 Å². The first-order valence-corrected chi connectivity index (χ1v) is 7.73. The van der Waals surface area contributed by atoms with E-state index in [4.69, 9.17) is 16.3 Å². The van der Waals surface area contributed by atoms with E-state index in [1.807, 2.05) is 12.3 Å². The molecular weight excluding hydrogens is 330 g/mol. The maximum absolute atomic E-state index is 5.90. The smallest absolute Gasteiger partial charge is 0.160 e. The zero-order valence-corrected chi connectivity index (χ0v) is 13.0. The van der Waals surface area contributed by atoms with Gasteiger partial charge in [0, 0.05) is 29.6 Å². The monoisotopic (exact) mass is 343 g/mol. The van der Waals surface area contributed by atoms with Gasteiger partial charge in [-0.3, -0.25) is 0 Å². The van der Waals surface area contributed by atoms with Crippen LogP contribution in [0.2, 0.25) is 0 Å². The van der Waals surface area contributed by atoms with Crippen molar-refractivity contribution in [2.24, 2.45) is 0 Å². The maximum atomic E-state index is 5.90. The number of nitrogens with zero attached hydrogens (tertiary/aromatic N) is 3. The first-order valence-electron chi connectivity index (χ1n) is 6.40. The molecule has 2 unspecified atom stereocenters. The van der Waals surface area contributed by atoms with Gasteiger partial charge in [0.1, 0.15) is 11.3 Å². The van der Waals surface area contributed by atoms with Crippen LogP contribution in [0.3, 0.4) is 0 Å². The van der Waals surface area contributed by atoms with Crippen LogP contribution in [0.1, 0.15) is 25.2 Å². The van der Waals surface area contributed by atoms with Gasteiger partial charge in [0.2, 0.25) is 0 Å². The molecular formula is C13H15BrClN3O. The number of fused-ring (bicyclic) bond motifs is 1. The zero-order chi connectivity index (χ0) is 13.4. The van der Waals surface area contributed by atoms with Gasteiger partial charge in [0.15, 0.2) is 5.65 Å². The molecule has 1 saturated heterocycles. The van der Waals surface area contributed by atoms with Crippen molar-refractivity contribution in [2.45, 2.75) is 31.9 Å². The van der Waals surface area contributed by atoms with Gasteiger partial charge in [0.05, 0.1) is 12.1 Å². The molecule has 0 amide bonds. The number of alkyl halides is 1. The average molecular weight is 345 g/mol. The van der Waals surface area contributed by atoms with Crippen molar-refractivity contribution in [1.29, 1.82) is 0 Å². The van der Waals surface area contributed by atoms with E-state index in [0.717, 1.165) is 40.9 Å². The highest BCUT2D eigenvalue weighted by Gasteiger charge is 2.29. The number of hydrogen-bond donors (Lipinski definition) is 0. The van der Waals surface area contributed by atoms with Gasteiger partial charge in [-0.2, -0.15) is 0 Å². The Hall–Kier alpha value is -0.650. The molecule has 4 nitrogen and oxygen atoms in total. The number of halogens is 2. The molecule has 0 spiro atoms. The summed E-state index contributed by atoms with van der Waals surface area (Å²) in [7, 11) is 0. The second-order valence-electron chi connectivity index (χ2n) is 4.77. The number of aryl methyl sites for hydroxylation is 1. The third kappa shape index (κ3) is 2.39. The van der Waals surface area contributed by atoms with Crippen molar-refractivity contribution >= 4 is 38.7 Å². The first kappa shape index (κ1) is 13.3. The predicted molar refractivity (Wildman–Crippen MR) is 78.7 cm³/mol. The Morgan fingerprint density at radius 3 is 3.11 bits per heavy atom. The molecule has 0 radical (unpaired) electrons. The van der Waals surface area contributed by atoms with Crippen molar-refractivity contribution in [1.82, 2.24) is 14.5 Å². The van der Waals surface area contributed by atoms with Crippen molar-refractivity contribution in [3.63, 3.8) is 0 Å². The number of rotatable bonds is 3. The lowest BCUT2D eigenvalue weighted by molar-refractivity contribution is 0.108. The molecule has 0 aliphatic carbocycles. The SMILES string of the molecule is CC1OCCC1n1c(CCCl)nc2cc(Br)cnc21. The van der Waals surface area contributed by atoms with Crippen molar-refractivity contribution < 1.29 is 4.74 Å². The summed E-state index contributed by atoms with van der Waals surface area (Å²) in [6.07, 6.45) is 3.75. The van der Waals surface area contributed by atoms with E-state index in [2.05, 4.69) is 37.4 Å². The third-order valence-corrected chi connectivity index (χ3v) is 4.18. The van der Waals surface area contributed by atoms with Crippen LogP contribution >= 0.6 is 27.5 Å². The molecule has 1 aliphatic heterocycles. The van der Waals surface area contributed by atoms with E-state index in [1.165, 1.54) is 0 Å². The van der Waals surface area contributed by atoms with Crippen LogP contribution in [0.25, 0.3) is 11.2 Å². The zero-order valence-electron chi connectivity index (χ0n) is 10.6. The minimum Gasteiger partial charge on any atom is -0.376 e. The lowest BCUT2D eigenvalue weighted by Gasteiger charge is -2.18. The molecule has 2 aromatic rings. The molecule has 0 bridgehead atoms. The largest absolute Gasteiger partial charge is 0.376 e. The predicted octanol–water partition coefficient (Wildman–Crippen LogP) is 3.33. The van der Waals surface area contributed by atoms with Crippen LogP contribution in [0, 0.1) is 0 Å². The van der Waals surface area contributed by atoms with E-state index >= 15 is 0 Å². The number of ether oxygens (including phenoxy) is 1. The molecule has 3 rings (SSSR count). The average Bonchev–Trinajstić information content (AvgIpc) is 2.92. The van der Waals surface area contributed by atoms with Gasteiger partial charge >= 0.3 is 0 Å². The molecule has 6 heteroatoms. The van der Waals surface area contributed by atoms with E-state index in [9.17, 15) is 0 Å². The second-order valence-corrected chi connectivity index (χ2v) is 6.06. The number of hydrogen-bond acceptors (Lipinski definition) is 3. The van der Waals surface area contributed by atoms with Crippen LogP contribution in [-0.4, -0.2) is 33.1 Å². The summed E-state index contributed by atoms with van der Waals surface area (Å²) in [6, 6.07) is 2.30. The fourth-order valence-electron chi connectivity index (χ4n) is 2.67. The lowest BCUT2D eigenvalue weighted by Crippen LogP contribution is -2.19. The Bertz CT molecular complexity index is 601. The summed E-state index contributed by atoms with van der Waals surface area (Å²) < 4.78 is 8.83. The Kier molecular flexibility index (Phi) is 3.78. The van der Waals surface area contributed by atoms with Crippen LogP contribution in [0.15, 0.2) is 16.7 Å². The van der Waals surface area contributed by atoms with Gasteiger partial charge in [-0.1, -0.05) is 0 Å². The Labute approximate surface area is 125 Å². The fourth-order valence-corrected chi connectivity index (χ4v) is 3.16. The topological polar surface area (TPSA) is 39.9 Å². The molecule has 1 fully saturated rings. The number of aromatic nitrogens is 3. The van der Waals surface area contributed by atoms with Gasteiger partial charge in [-0.05, 0) is 35.3 Å². The molecule has 2 aromatic heterocycles. The summed E-state index contributed by atoms with van der Waals surface area (Å²) in [5.41, 5.74) is 1.83. The Morgan fingerprint density at radius 2 is 2.42 bits per heavy atom. The number of imidazole rings is 1. The second kappa shape index (κ2) is 5.38. The van der Waals surface area contributed by atoms with Crippen LogP contribution < -0.4 is 0 Å². The van der Waals surface area contributed by atoms with Gasteiger partial charge in [-0.25, -0.2) is 9.97 Å². The molecule has 19 heavy (non-hydrogen) atoms. The summed E-state index contributed by atoms with van der Waals surface area (Å²) >= 11 is 9.33. The van der Waals surface area contributed by atoms with E-state index < -0.39 is 0 Å². The molecule has 0 aromatic carbocycles. The van der Waals surface area contributed by atoms with Gasteiger partial charge in [0.25, 0.3) is 0 Å². The van der Waals surface area contributed by atoms with Crippen LogP contribution in [-0.2, 0) is 11.2 Å². The number of pyridine rings is 1. The molecule has 0 saturated carbocycles. The molecule has 2 atom stereocenters. The Morgan fingerprint density at radius 1 is 1.58 bits per heavy atom. The normalized spacial score (nSPS) is 23.3. The first-order chi connectivity index (χ1) is 9.20. The fraction of sp³-hybridized carbons (Fsp3) is 0.538.